The van der Waals surface area contributed by atoms with Crippen LogP contribution in [-0.2, 0) is 4.43 Å². The Bertz CT molecular complexity index is 227. The second-order valence-electron chi connectivity index (χ2n) is 3.31. The maximum atomic E-state index is 5.62. The van der Waals surface area contributed by atoms with Gasteiger partial charge in [-0.3, -0.25) is 0 Å². The van der Waals surface area contributed by atoms with Crippen LogP contribution in [0.2, 0.25) is 0 Å². The monoisotopic (exact) mass is 194 g/mol. The van der Waals surface area contributed by atoms with Gasteiger partial charge in [-0.25, -0.2) is 0 Å². The lowest BCUT2D eigenvalue weighted by Crippen LogP contribution is -2.41. The van der Waals surface area contributed by atoms with E-state index in [0.717, 1.165) is 15.6 Å². The summed E-state index contributed by atoms with van der Waals surface area (Å²) in [4.78, 5) is 0. The second kappa shape index (κ2) is 4.28. The van der Waals surface area contributed by atoms with Gasteiger partial charge in [-0.15, -0.1) is 19.7 Å². The molecule has 0 aromatic heterocycles. The van der Waals surface area contributed by atoms with Gasteiger partial charge in [0.1, 0.15) is 0 Å². The summed E-state index contributed by atoms with van der Waals surface area (Å²) in [6.45, 7) is 21.3. The molecular weight excluding hydrogens is 176 g/mol. The van der Waals surface area contributed by atoms with Crippen LogP contribution in [0.1, 0.15) is 20.8 Å². The quantitative estimate of drug-likeness (QED) is 0.481. The third kappa shape index (κ3) is 2.01. The highest BCUT2D eigenvalue weighted by atomic mass is 28.4. The van der Waals surface area contributed by atoms with Crippen LogP contribution in [0, 0.1) is 0 Å². The molecule has 0 aliphatic heterocycles. The molecule has 0 unspecified atom stereocenters. The van der Waals surface area contributed by atoms with Crippen LogP contribution < -0.4 is 0 Å². The molecule has 0 N–H and O–H groups in total. The Kier molecular flexibility index (Phi) is 3.94. The molecule has 0 aromatic rings. The smallest absolute Gasteiger partial charge is 0.331 e. The Hall–Kier alpha value is -1.02. The molecular formula is C11H18OSi. The highest BCUT2D eigenvalue weighted by molar-refractivity contribution is 6.92. The van der Waals surface area contributed by atoms with E-state index in [2.05, 4.69) is 26.3 Å². The minimum Gasteiger partial charge on any atom is -0.538 e. The SMILES string of the molecule is C=CO[Si](C(=C)C)(C(=C)C)C(=C)C. The van der Waals surface area contributed by atoms with Crippen LogP contribution in [0.3, 0.4) is 0 Å². The van der Waals surface area contributed by atoms with Gasteiger partial charge in [-0.1, -0.05) is 6.58 Å². The van der Waals surface area contributed by atoms with Crippen LogP contribution in [-0.4, -0.2) is 8.32 Å². The molecule has 2 heteroatoms. The summed E-state index contributed by atoms with van der Waals surface area (Å²) in [5.74, 6) is 0. The zero-order valence-electron chi connectivity index (χ0n) is 8.81. The lowest BCUT2D eigenvalue weighted by Gasteiger charge is -2.31. The van der Waals surface area contributed by atoms with Crippen LogP contribution >= 0.6 is 0 Å². The van der Waals surface area contributed by atoms with Crippen molar-refractivity contribution >= 4 is 8.32 Å². The van der Waals surface area contributed by atoms with Gasteiger partial charge in [0.25, 0.3) is 0 Å². The maximum Gasteiger partial charge on any atom is 0.331 e. The Labute approximate surface area is 82.2 Å². The lowest BCUT2D eigenvalue weighted by molar-refractivity contribution is 0.486. The van der Waals surface area contributed by atoms with Crippen molar-refractivity contribution < 1.29 is 4.43 Å². The molecule has 13 heavy (non-hydrogen) atoms. The van der Waals surface area contributed by atoms with Gasteiger partial charge in [0, 0.05) is 0 Å². The van der Waals surface area contributed by atoms with E-state index in [1.165, 1.54) is 6.26 Å². The van der Waals surface area contributed by atoms with Gasteiger partial charge in [0.05, 0.1) is 6.26 Å². The molecule has 0 saturated heterocycles. The fraction of sp³-hybridized carbons (Fsp3) is 0.273. The van der Waals surface area contributed by atoms with Crippen molar-refractivity contribution in [1.82, 2.24) is 0 Å². The molecule has 0 fully saturated rings. The normalized spacial score (nSPS) is 10.4. The summed E-state index contributed by atoms with van der Waals surface area (Å²) in [5, 5.41) is 3.02. The molecule has 1 nitrogen and oxygen atoms in total. The number of hydrogen-bond donors (Lipinski definition) is 0. The van der Waals surface area contributed by atoms with Crippen molar-refractivity contribution in [3.8, 4) is 0 Å². The number of allylic oxidation sites excluding steroid dienone is 3. The Morgan fingerprint density at radius 3 is 1.38 bits per heavy atom. The molecule has 0 saturated carbocycles. The van der Waals surface area contributed by atoms with E-state index in [1.54, 1.807) is 0 Å². The van der Waals surface area contributed by atoms with Crippen LogP contribution in [0.25, 0.3) is 0 Å². The molecule has 0 bridgehead atoms. The average Bonchev–Trinajstić information content (AvgIpc) is 1.97. The van der Waals surface area contributed by atoms with E-state index in [9.17, 15) is 0 Å². The highest BCUT2D eigenvalue weighted by Gasteiger charge is 2.39. The minimum absolute atomic E-state index is 1.01. The van der Waals surface area contributed by atoms with Gasteiger partial charge in [-0.05, 0) is 36.4 Å². The van der Waals surface area contributed by atoms with Crippen LogP contribution in [0.15, 0.2) is 48.2 Å². The molecule has 0 aliphatic carbocycles. The third-order valence-electron chi connectivity index (χ3n) is 2.06. The Balaban J connectivity index is 5.29. The largest absolute Gasteiger partial charge is 0.538 e. The summed E-state index contributed by atoms with van der Waals surface area (Å²) in [6, 6.07) is 0. The van der Waals surface area contributed by atoms with Crippen molar-refractivity contribution in [3.05, 3.63) is 48.2 Å². The lowest BCUT2D eigenvalue weighted by atomic mass is 10.7. The van der Waals surface area contributed by atoms with Crippen LogP contribution in [0.5, 0.6) is 0 Å². The van der Waals surface area contributed by atoms with Gasteiger partial charge in [0.2, 0.25) is 0 Å². The zero-order valence-corrected chi connectivity index (χ0v) is 9.81. The molecule has 0 aromatic carbocycles. The number of hydrogen-bond acceptors (Lipinski definition) is 1. The minimum atomic E-state index is -2.23. The second-order valence-corrected chi connectivity index (χ2v) is 7.47. The first-order valence-corrected chi connectivity index (χ1v) is 6.07. The maximum absolute atomic E-state index is 5.62. The fourth-order valence-electron chi connectivity index (χ4n) is 1.52. The van der Waals surface area contributed by atoms with Crippen molar-refractivity contribution in [2.45, 2.75) is 20.8 Å². The fourth-order valence-corrected chi connectivity index (χ4v) is 4.56. The van der Waals surface area contributed by atoms with E-state index in [-0.39, 0.29) is 0 Å². The van der Waals surface area contributed by atoms with E-state index in [1.807, 2.05) is 20.8 Å². The Morgan fingerprint density at radius 1 is 1.00 bits per heavy atom. The molecule has 0 rings (SSSR count). The Morgan fingerprint density at radius 2 is 1.31 bits per heavy atom. The molecule has 0 atom stereocenters. The molecule has 0 heterocycles. The first-order valence-electron chi connectivity index (χ1n) is 4.16. The number of rotatable bonds is 5. The first kappa shape index (κ1) is 12.0. The summed E-state index contributed by atoms with van der Waals surface area (Å²) >= 11 is 0. The van der Waals surface area contributed by atoms with E-state index in [4.69, 9.17) is 4.43 Å². The van der Waals surface area contributed by atoms with Crippen molar-refractivity contribution in [1.29, 1.82) is 0 Å². The van der Waals surface area contributed by atoms with Crippen molar-refractivity contribution in [2.24, 2.45) is 0 Å². The van der Waals surface area contributed by atoms with E-state index in [0.29, 0.717) is 0 Å². The molecule has 0 radical (unpaired) electrons. The van der Waals surface area contributed by atoms with Crippen molar-refractivity contribution in [2.75, 3.05) is 0 Å². The predicted molar refractivity (Wildman–Crippen MR) is 61.5 cm³/mol. The average molecular weight is 194 g/mol. The summed E-state index contributed by atoms with van der Waals surface area (Å²) in [7, 11) is -2.23. The molecule has 0 amide bonds. The van der Waals surface area contributed by atoms with Gasteiger partial charge < -0.3 is 4.43 Å². The predicted octanol–water partition coefficient (Wildman–Crippen LogP) is 3.44. The van der Waals surface area contributed by atoms with Gasteiger partial charge in [0.15, 0.2) is 0 Å². The summed E-state index contributed by atoms with van der Waals surface area (Å²) < 4.78 is 5.62. The highest BCUT2D eigenvalue weighted by Crippen LogP contribution is 2.29. The topological polar surface area (TPSA) is 9.23 Å². The molecule has 72 valence electrons. The molecule has 0 aliphatic rings. The zero-order chi connectivity index (χ0) is 10.6. The van der Waals surface area contributed by atoms with Crippen molar-refractivity contribution in [3.63, 3.8) is 0 Å². The summed E-state index contributed by atoms with van der Waals surface area (Å²) in [6.07, 6.45) is 1.46. The van der Waals surface area contributed by atoms with E-state index < -0.39 is 8.32 Å². The van der Waals surface area contributed by atoms with Crippen LogP contribution in [0.4, 0.5) is 0 Å². The van der Waals surface area contributed by atoms with E-state index >= 15 is 0 Å². The molecule has 0 spiro atoms. The first-order chi connectivity index (χ1) is 5.89. The van der Waals surface area contributed by atoms with Gasteiger partial charge in [-0.2, -0.15) is 0 Å². The standard InChI is InChI=1S/C11H18OSi/c1-8-12-13(9(2)3,10(4)5)11(6)7/h8H,1-2,4,6H2,3,5,7H3. The summed E-state index contributed by atoms with van der Waals surface area (Å²) in [5.41, 5.74) is 0. The third-order valence-corrected chi connectivity index (χ3v) is 6.19. The van der Waals surface area contributed by atoms with Gasteiger partial charge >= 0.3 is 8.32 Å².